The summed E-state index contributed by atoms with van der Waals surface area (Å²) in [6, 6.07) is 9.49. The number of nitrogens with one attached hydrogen (secondary N) is 1. The number of hydrogen-bond donors (Lipinski definition) is 1. The predicted octanol–water partition coefficient (Wildman–Crippen LogP) is 3.83. The van der Waals surface area contributed by atoms with Gasteiger partial charge in [0.05, 0.1) is 23.4 Å². The molecule has 0 aliphatic carbocycles. The minimum absolute atomic E-state index is 0.301. The molecule has 0 spiro atoms. The van der Waals surface area contributed by atoms with Gasteiger partial charge in [0.2, 0.25) is 0 Å². The van der Waals surface area contributed by atoms with Crippen LogP contribution in [0.1, 0.15) is 29.3 Å². The summed E-state index contributed by atoms with van der Waals surface area (Å²) in [6.45, 7) is 3.09. The lowest BCUT2D eigenvalue weighted by atomic mass is 9.95. The van der Waals surface area contributed by atoms with Crippen LogP contribution in [0.25, 0.3) is 22.2 Å². The van der Waals surface area contributed by atoms with Gasteiger partial charge in [0.1, 0.15) is 0 Å². The Balaban J connectivity index is 1.93. The second-order valence-corrected chi connectivity index (χ2v) is 6.04. The van der Waals surface area contributed by atoms with E-state index in [9.17, 15) is 4.79 Å². The molecule has 0 atom stereocenters. The van der Waals surface area contributed by atoms with Gasteiger partial charge < -0.3 is 10.1 Å². The monoisotopic (exact) mass is 333 g/mol. The summed E-state index contributed by atoms with van der Waals surface area (Å²) in [4.78, 5) is 21.2. The molecule has 0 unspecified atom stereocenters. The van der Waals surface area contributed by atoms with Crippen molar-refractivity contribution in [3.05, 3.63) is 53.9 Å². The first-order valence-corrected chi connectivity index (χ1v) is 8.56. The van der Waals surface area contributed by atoms with Crippen molar-refractivity contribution in [2.24, 2.45) is 0 Å². The van der Waals surface area contributed by atoms with Crippen LogP contribution in [0.15, 0.2) is 42.7 Å². The maximum atomic E-state index is 12.1. The molecule has 3 heterocycles. The van der Waals surface area contributed by atoms with Crippen LogP contribution in [0.3, 0.4) is 0 Å². The second-order valence-electron chi connectivity index (χ2n) is 6.04. The van der Waals surface area contributed by atoms with E-state index in [2.05, 4.69) is 10.3 Å². The van der Waals surface area contributed by atoms with Crippen molar-refractivity contribution in [2.75, 3.05) is 18.5 Å². The van der Waals surface area contributed by atoms with Crippen molar-refractivity contribution < 1.29 is 9.53 Å². The zero-order valence-electron chi connectivity index (χ0n) is 14.1. The van der Waals surface area contributed by atoms with E-state index in [-0.39, 0.29) is 5.97 Å². The average Bonchev–Trinajstić information content (AvgIpc) is 2.68. The van der Waals surface area contributed by atoms with Crippen LogP contribution in [-0.2, 0) is 11.2 Å². The van der Waals surface area contributed by atoms with Crippen LogP contribution in [-0.4, -0.2) is 29.1 Å². The zero-order valence-corrected chi connectivity index (χ0v) is 14.1. The summed E-state index contributed by atoms with van der Waals surface area (Å²) in [7, 11) is 0. The zero-order chi connectivity index (χ0) is 17.2. The summed E-state index contributed by atoms with van der Waals surface area (Å²) >= 11 is 0. The first kappa shape index (κ1) is 15.6. The van der Waals surface area contributed by atoms with Crippen LogP contribution >= 0.6 is 0 Å². The van der Waals surface area contributed by atoms with E-state index in [0.29, 0.717) is 12.2 Å². The van der Waals surface area contributed by atoms with Crippen molar-refractivity contribution in [1.82, 2.24) is 9.97 Å². The number of anilines is 1. The molecule has 4 rings (SSSR count). The highest BCUT2D eigenvalue weighted by molar-refractivity contribution is 6.01. The highest BCUT2D eigenvalue weighted by Crippen LogP contribution is 2.37. The van der Waals surface area contributed by atoms with E-state index < -0.39 is 0 Å². The average molecular weight is 333 g/mol. The van der Waals surface area contributed by atoms with Crippen LogP contribution in [0, 0.1) is 0 Å². The highest BCUT2D eigenvalue weighted by Gasteiger charge is 2.20. The van der Waals surface area contributed by atoms with Gasteiger partial charge in [0.15, 0.2) is 0 Å². The maximum Gasteiger partial charge on any atom is 0.338 e. The molecule has 5 nitrogen and oxygen atoms in total. The number of hydrogen-bond acceptors (Lipinski definition) is 5. The van der Waals surface area contributed by atoms with Crippen molar-refractivity contribution in [3.63, 3.8) is 0 Å². The molecule has 25 heavy (non-hydrogen) atoms. The van der Waals surface area contributed by atoms with Gasteiger partial charge in [-0.3, -0.25) is 4.98 Å². The SMILES string of the molecule is CCOC(=O)c1ccc2nc(-c3cccnc3)c3c(c2c1)NCCC3. The number of aromatic nitrogens is 2. The van der Waals surface area contributed by atoms with Gasteiger partial charge in [-0.1, -0.05) is 0 Å². The summed E-state index contributed by atoms with van der Waals surface area (Å²) in [5.74, 6) is -0.301. The summed E-state index contributed by atoms with van der Waals surface area (Å²) in [5, 5.41) is 4.47. The van der Waals surface area contributed by atoms with E-state index in [1.54, 1.807) is 12.3 Å². The van der Waals surface area contributed by atoms with Gasteiger partial charge in [-0.2, -0.15) is 0 Å². The van der Waals surface area contributed by atoms with Crippen LogP contribution in [0.4, 0.5) is 5.69 Å². The molecule has 0 fully saturated rings. The Morgan fingerprint density at radius 1 is 1.32 bits per heavy atom. The fraction of sp³-hybridized carbons (Fsp3) is 0.250. The number of nitrogens with zero attached hydrogens (tertiary/aromatic N) is 2. The molecule has 5 heteroatoms. The Morgan fingerprint density at radius 2 is 2.24 bits per heavy atom. The van der Waals surface area contributed by atoms with E-state index in [4.69, 9.17) is 9.72 Å². The van der Waals surface area contributed by atoms with Gasteiger partial charge in [0, 0.05) is 41.1 Å². The number of ether oxygens (including phenoxy) is 1. The van der Waals surface area contributed by atoms with E-state index >= 15 is 0 Å². The maximum absolute atomic E-state index is 12.1. The summed E-state index contributed by atoms with van der Waals surface area (Å²) in [6.07, 6.45) is 5.63. The van der Waals surface area contributed by atoms with E-state index in [0.717, 1.165) is 47.2 Å². The van der Waals surface area contributed by atoms with Gasteiger partial charge in [-0.25, -0.2) is 9.78 Å². The molecule has 1 aromatic carbocycles. The summed E-state index contributed by atoms with van der Waals surface area (Å²) in [5.41, 5.74) is 5.65. The molecule has 0 bridgehead atoms. The molecule has 0 radical (unpaired) electrons. The predicted molar refractivity (Wildman–Crippen MR) is 97.7 cm³/mol. The number of carbonyl (C=O) groups excluding carboxylic acids is 1. The molecule has 3 aromatic rings. The first-order valence-electron chi connectivity index (χ1n) is 8.56. The fourth-order valence-corrected chi connectivity index (χ4v) is 3.31. The molecule has 126 valence electrons. The lowest BCUT2D eigenvalue weighted by Gasteiger charge is -2.23. The Hall–Kier alpha value is -2.95. The first-order chi connectivity index (χ1) is 12.3. The minimum Gasteiger partial charge on any atom is -0.462 e. The second kappa shape index (κ2) is 6.51. The molecular weight excluding hydrogens is 314 g/mol. The van der Waals surface area contributed by atoms with Crippen molar-refractivity contribution in [1.29, 1.82) is 0 Å². The molecule has 1 aliphatic heterocycles. The van der Waals surface area contributed by atoms with Crippen LogP contribution in [0.2, 0.25) is 0 Å². The number of carbonyl (C=O) groups is 1. The normalized spacial score (nSPS) is 13.2. The lowest BCUT2D eigenvalue weighted by Crippen LogP contribution is -2.14. The van der Waals surface area contributed by atoms with Gasteiger partial charge >= 0.3 is 5.97 Å². The largest absolute Gasteiger partial charge is 0.462 e. The number of pyridine rings is 2. The number of esters is 1. The summed E-state index contributed by atoms with van der Waals surface area (Å²) < 4.78 is 5.13. The van der Waals surface area contributed by atoms with Crippen molar-refractivity contribution >= 4 is 22.6 Å². The van der Waals surface area contributed by atoms with Crippen molar-refractivity contribution in [3.8, 4) is 11.3 Å². The quantitative estimate of drug-likeness (QED) is 0.738. The van der Waals surface area contributed by atoms with Crippen LogP contribution < -0.4 is 5.32 Å². The number of benzene rings is 1. The Bertz CT molecular complexity index is 939. The fourth-order valence-electron chi connectivity index (χ4n) is 3.31. The molecule has 0 amide bonds. The highest BCUT2D eigenvalue weighted by atomic mass is 16.5. The lowest BCUT2D eigenvalue weighted by molar-refractivity contribution is 0.0526. The van der Waals surface area contributed by atoms with Gasteiger partial charge in [0.25, 0.3) is 0 Å². The van der Waals surface area contributed by atoms with Gasteiger partial charge in [-0.15, -0.1) is 0 Å². The molecule has 2 aromatic heterocycles. The smallest absolute Gasteiger partial charge is 0.338 e. The minimum atomic E-state index is -0.301. The Labute approximate surface area is 146 Å². The number of rotatable bonds is 3. The standard InChI is InChI=1S/C20H19N3O2/c1-2-25-20(24)13-7-8-17-16(11-13)19-15(6-4-10-22-19)18(23-17)14-5-3-9-21-12-14/h3,5,7-9,11-12,22H,2,4,6,10H2,1H3. The van der Waals surface area contributed by atoms with E-state index in [1.807, 2.05) is 37.4 Å². The third kappa shape index (κ3) is 2.82. The van der Waals surface area contributed by atoms with Crippen molar-refractivity contribution in [2.45, 2.75) is 19.8 Å². The molecule has 0 saturated heterocycles. The van der Waals surface area contributed by atoms with Crippen LogP contribution in [0.5, 0.6) is 0 Å². The molecule has 0 saturated carbocycles. The molecule has 1 aliphatic rings. The molecule has 1 N–H and O–H groups in total. The topological polar surface area (TPSA) is 64.1 Å². The van der Waals surface area contributed by atoms with Gasteiger partial charge in [-0.05, 0) is 50.1 Å². The molecular formula is C20H19N3O2. The Morgan fingerprint density at radius 3 is 3.04 bits per heavy atom. The Kier molecular flexibility index (Phi) is 4.06. The van der Waals surface area contributed by atoms with E-state index in [1.165, 1.54) is 5.56 Å². The third-order valence-electron chi connectivity index (χ3n) is 4.44. The third-order valence-corrected chi connectivity index (χ3v) is 4.44. The number of fused-ring (bicyclic) bond motifs is 3.